The summed E-state index contributed by atoms with van der Waals surface area (Å²) in [5.74, 6) is 0.0949. The number of carbonyl (C=O) groups excluding carboxylic acids is 1. The maximum atomic E-state index is 12.7. The number of hydrogen-bond acceptors (Lipinski definition) is 6. The highest BCUT2D eigenvalue weighted by Crippen LogP contribution is 2.20. The van der Waals surface area contributed by atoms with Crippen LogP contribution in [-0.2, 0) is 26.1 Å². The standard InChI is InChI=1S/C18H18N2O5S2/c1-3-25-17(21)12-20-15-6-4-5-7-16(15)26-18(20)19-27(22,23)14-10-8-13(24-2)9-11-14/h4-11H,3,12H2,1-2H3/b19-18-. The average Bonchev–Trinajstić information content (AvgIpc) is 2.98. The summed E-state index contributed by atoms with van der Waals surface area (Å²) in [5, 5.41) is 0. The first-order chi connectivity index (χ1) is 12.9. The van der Waals surface area contributed by atoms with Crippen LogP contribution in [0.2, 0.25) is 0 Å². The molecular formula is C18H18N2O5S2. The van der Waals surface area contributed by atoms with Crippen molar-refractivity contribution < 1.29 is 22.7 Å². The molecule has 0 atom stereocenters. The highest BCUT2D eigenvalue weighted by Gasteiger charge is 2.16. The van der Waals surface area contributed by atoms with E-state index in [-0.39, 0.29) is 22.8 Å². The van der Waals surface area contributed by atoms with Crippen LogP contribution in [-0.4, -0.2) is 32.7 Å². The molecule has 0 radical (unpaired) electrons. The molecule has 1 heterocycles. The fourth-order valence-electron chi connectivity index (χ4n) is 2.48. The van der Waals surface area contributed by atoms with Gasteiger partial charge in [0.2, 0.25) is 4.80 Å². The average molecular weight is 406 g/mol. The molecule has 0 amide bonds. The Labute approximate surface area is 160 Å². The summed E-state index contributed by atoms with van der Waals surface area (Å²) in [4.78, 5) is 12.2. The fraction of sp³-hybridized carbons (Fsp3) is 0.222. The SMILES string of the molecule is CCOC(=O)Cn1/c(=N/S(=O)(=O)c2ccc(OC)cc2)sc2ccccc21. The minimum Gasteiger partial charge on any atom is -0.497 e. The molecule has 2 aromatic carbocycles. The molecule has 0 spiro atoms. The number of carbonyl (C=O) groups is 1. The largest absolute Gasteiger partial charge is 0.497 e. The predicted molar refractivity (Wildman–Crippen MR) is 102 cm³/mol. The number of benzene rings is 2. The van der Waals surface area contributed by atoms with Gasteiger partial charge in [-0.1, -0.05) is 23.5 Å². The lowest BCUT2D eigenvalue weighted by Crippen LogP contribution is -2.23. The number of fused-ring (bicyclic) bond motifs is 1. The van der Waals surface area contributed by atoms with Crippen LogP contribution in [0.4, 0.5) is 0 Å². The van der Waals surface area contributed by atoms with Crippen LogP contribution in [0.3, 0.4) is 0 Å². The number of hydrogen-bond donors (Lipinski definition) is 0. The lowest BCUT2D eigenvalue weighted by Gasteiger charge is -2.05. The number of aromatic nitrogens is 1. The number of nitrogens with zero attached hydrogens (tertiary/aromatic N) is 2. The Balaban J connectivity index is 2.12. The molecule has 0 bridgehead atoms. The topological polar surface area (TPSA) is 87.0 Å². The van der Waals surface area contributed by atoms with Crippen LogP contribution in [0.15, 0.2) is 57.8 Å². The van der Waals surface area contributed by atoms with E-state index in [4.69, 9.17) is 9.47 Å². The van der Waals surface area contributed by atoms with Crippen LogP contribution in [0, 0.1) is 0 Å². The van der Waals surface area contributed by atoms with Crippen molar-refractivity contribution >= 4 is 37.5 Å². The van der Waals surface area contributed by atoms with Crippen molar-refractivity contribution in [2.24, 2.45) is 4.40 Å². The number of para-hydroxylation sites is 1. The van der Waals surface area contributed by atoms with E-state index in [2.05, 4.69) is 4.40 Å². The highest BCUT2D eigenvalue weighted by atomic mass is 32.2. The van der Waals surface area contributed by atoms with Crippen LogP contribution >= 0.6 is 11.3 Å². The van der Waals surface area contributed by atoms with E-state index in [1.807, 2.05) is 24.3 Å². The van der Waals surface area contributed by atoms with Crippen molar-refractivity contribution in [3.05, 3.63) is 53.3 Å². The van der Waals surface area contributed by atoms with Gasteiger partial charge in [-0.3, -0.25) is 4.79 Å². The third-order valence-corrected chi connectivity index (χ3v) is 6.19. The van der Waals surface area contributed by atoms with Gasteiger partial charge in [0.15, 0.2) is 0 Å². The van der Waals surface area contributed by atoms with Gasteiger partial charge >= 0.3 is 5.97 Å². The summed E-state index contributed by atoms with van der Waals surface area (Å²) in [6, 6.07) is 13.3. The molecule has 3 aromatic rings. The van der Waals surface area contributed by atoms with Gasteiger partial charge < -0.3 is 14.0 Å². The van der Waals surface area contributed by atoms with Gasteiger partial charge in [0.25, 0.3) is 10.0 Å². The zero-order valence-corrected chi connectivity index (χ0v) is 16.4. The quantitative estimate of drug-likeness (QED) is 0.587. The molecule has 0 saturated carbocycles. The van der Waals surface area contributed by atoms with Crippen molar-refractivity contribution in [2.45, 2.75) is 18.4 Å². The molecule has 0 aliphatic rings. The third kappa shape index (κ3) is 4.20. The summed E-state index contributed by atoms with van der Waals surface area (Å²) < 4.78 is 41.8. The molecule has 0 aliphatic heterocycles. The fourth-order valence-corrected chi connectivity index (χ4v) is 4.71. The van der Waals surface area contributed by atoms with Crippen LogP contribution in [0.25, 0.3) is 10.2 Å². The monoisotopic (exact) mass is 406 g/mol. The Bertz CT molecular complexity index is 1130. The number of sulfonamides is 1. The highest BCUT2D eigenvalue weighted by molar-refractivity contribution is 7.90. The molecule has 1 aromatic heterocycles. The summed E-state index contributed by atoms with van der Waals surface area (Å²) in [5.41, 5.74) is 0.722. The number of methoxy groups -OCH3 is 1. The van der Waals surface area contributed by atoms with Gasteiger partial charge in [0, 0.05) is 0 Å². The smallest absolute Gasteiger partial charge is 0.326 e. The Hall–Kier alpha value is -2.65. The van der Waals surface area contributed by atoms with Gasteiger partial charge in [0.05, 0.1) is 28.8 Å². The van der Waals surface area contributed by atoms with Gasteiger partial charge in [-0.25, -0.2) is 0 Å². The molecule has 0 fully saturated rings. The molecule has 0 aliphatic carbocycles. The van der Waals surface area contributed by atoms with E-state index in [9.17, 15) is 13.2 Å². The minimum absolute atomic E-state index is 0.0449. The second-order valence-electron chi connectivity index (χ2n) is 5.49. The number of rotatable bonds is 6. The van der Waals surface area contributed by atoms with E-state index in [0.29, 0.717) is 5.75 Å². The summed E-state index contributed by atoms with van der Waals surface area (Å²) in [6.45, 7) is 1.85. The van der Waals surface area contributed by atoms with Crippen molar-refractivity contribution in [3.63, 3.8) is 0 Å². The van der Waals surface area contributed by atoms with Gasteiger partial charge in [-0.15, -0.1) is 4.40 Å². The van der Waals surface area contributed by atoms with Gasteiger partial charge in [-0.2, -0.15) is 8.42 Å². The maximum absolute atomic E-state index is 12.7. The Morgan fingerprint density at radius 3 is 2.52 bits per heavy atom. The summed E-state index contributed by atoms with van der Waals surface area (Å²) in [6.07, 6.45) is 0. The molecule has 0 saturated heterocycles. The zero-order chi connectivity index (χ0) is 19.4. The molecule has 3 rings (SSSR count). The van der Waals surface area contributed by atoms with E-state index >= 15 is 0 Å². The molecular weight excluding hydrogens is 388 g/mol. The van der Waals surface area contributed by atoms with Crippen molar-refractivity contribution in [3.8, 4) is 5.75 Å². The van der Waals surface area contributed by atoms with Crippen molar-refractivity contribution in [1.29, 1.82) is 0 Å². The van der Waals surface area contributed by atoms with Crippen LogP contribution in [0.1, 0.15) is 6.92 Å². The molecule has 27 heavy (non-hydrogen) atoms. The molecule has 9 heteroatoms. The second-order valence-corrected chi connectivity index (χ2v) is 8.10. The third-order valence-electron chi connectivity index (χ3n) is 3.74. The number of thiazole rings is 1. The predicted octanol–water partition coefficient (Wildman–Crippen LogP) is 2.56. The molecule has 0 N–H and O–H groups in total. The molecule has 0 unspecified atom stereocenters. The Morgan fingerprint density at radius 1 is 1.15 bits per heavy atom. The van der Waals surface area contributed by atoms with Crippen LogP contribution in [0.5, 0.6) is 5.75 Å². The lowest BCUT2D eigenvalue weighted by molar-refractivity contribution is -0.143. The van der Waals surface area contributed by atoms with Crippen LogP contribution < -0.4 is 9.54 Å². The zero-order valence-electron chi connectivity index (χ0n) is 14.8. The Morgan fingerprint density at radius 2 is 1.85 bits per heavy atom. The first-order valence-corrected chi connectivity index (χ1v) is 10.4. The minimum atomic E-state index is -3.95. The van der Waals surface area contributed by atoms with Crippen molar-refractivity contribution in [1.82, 2.24) is 4.57 Å². The normalized spacial score (nSPS) is 12.3. The second kappa shape index (κ2) is 7.93. The molecule has 7 nitrogen and oxygen atoms in total. The lowest BCUT2D eigenvalue weighted by atomic mass is 10.3. The van der Waals surface area contributed by atoms with Crippen molar-refractivity contribution in [2.75, 3.05) is 13.7 Å². The summed E-state index contributed by atoms with van der Waals surface area (Å²) >= 11 is 1.20. The van der Waals surface area contributed by atoms with Gasteiger partial charge in [0.1, 0.15) is 12.3 Å². The Kier molecular flexibility index (Phi) is 5.62. The van der Waals surface area contributed by atoms with E-state index in [1.165, 1.54) is 30.6 Å². The van der Waals surface area contributed by atoms with E-state index < -0.39 is 16.0 Å². The first-order valence-electron chi connectivity index (χ1n) is 8.13. The molecule has 142 valence electrons. The number of ether oxygens (including phenoxy) is 2. The maximum Gasteiger partial charge on any atom is 0.326 e. The van der Waals surface area contributed by atoms with Gasteiger partial charge in [-0.05, 0) is 43.3 Å². The van der Waals surface area contributed by atoms with E-state index in [1.54, 1.807) is 23.6 Å². The summed E-state index contributed by atoms with van der Waals surface area (Å²) in [7, 11) is -2.45. The van der Waals surface area contributed by atoms with E-state index in [0.717, 1.165) is 10.2 Å². The first kappa shape index (κ1) is 19.1. The number of esters is 1.